The van der Waals surface area contributed by atoms with E-state index in [2.05, 4.69) is 10.3 Å². The molecule has 1 amide bonds. The van der Waals surface area contributed by atoms with E-state index < -0.39 is 11.9 Å². The number of hydrogen-bond donors (Lipinski definition) is 2. The minimum atomic E-state index is -1.18. The zero-order chi connectivity index (χ0) is 12.8. The van der Waals surface area contributed by atoms with E-state index in [9.17, 15) is 9.59 Å². The second-order valence-electron chi connectivity index (χ2n) is 3.34. The third-order valence-corrected chi connectivity index (χ3v) is 2.04. The number of aromatic nitrogens is 1. The molecular weight excluding hydrogens is 224 g/mol. The Kier molecular flexibility index (Phi) is 4.59. The summed E-state index contributed by atoms with van der Waals surface area (Å²) < 4.78 is 4.88. The summed E-state index contributed by atoms with van der Waals surface area (Å²) in [5.74, 6) is -1.68. The number of hydrogen-bond acceptors (Lipinski definition) is 4. The van der Waals surface area contributed by atoms with Gasteiger partial charge in [-0.3, -0.25) is 4.79 Å². The molecule has 6 nitrogen and oxygen atoms in total. The topological polar surface area (TPSA) is 88.5 Å². The summed E-state index contributed by atoms with van der Waals surface area (Å²) in [6, 6.07) is 1.39. The van der Waals surface area contributed by atoms with Gasteiger partial charge in [-0.15, -0.1) is 0 Å². The molecule has 0 saturated carbocycles. The molecule has 0 aliphatic heterocycles. The predicted octanol–water partition coefficient (Wildman–Crippen LogP) is 0.676. The number of carbonyl (C=O) groups is 2. The number of carbonyl (C=O) groups excluding carboxylic acids is 1. The lowest BCUT2D eigenvalue weighted by molar-refractivity contribution is 0.0689. The second kappa shape index (κ2) is 5.95. The Morgan fingerprint density at radius 3 is 2.76 bits per heavy atom. The summed E-state index contributed by atoms with van der Waals surface area (Å²) in [6.45, 7) is 2.42. The van der Waals surface area contributed by atoms with Crippen molar-refractivity contribution < 1.29 is 19.4 Å². The number of carboxylic acids is 1. The Hall–Kier alpha value is -1.95. The Morgan fingerprint density at radius 2 is 2.24 bits per heavy atom. The lowest BCUT2D eigenvalue weighted by atomic mass is 10.1. The first-order valence-electron chi connectivity index (χ1n) is 5.09. The molecule has 0 saturated heterocycles. The van der Waals surface area contributed by atoms with Gasteiger partial charge in [-0.1, -0.05) is 0 Å². The van der Waals surface area contributed by atoms with Crippen molar-refractivity contribution in [3.63, 3.8) is 0 Å². The Labute approximate surface area is 98.6 Å². The van der Waals surface area contributed by atoms with Gasteiger partial charge in [0, 0.05) is 19.9 Å². The van der Waals surface area contributed by atoms with Crippen LogP contribution in [0.1, 0.15) is 33.3 Å². The van der Waals surface area contributed by atoms with Crippen molar-refractivity contribution in [3.05, 3.63) is 29.1 Å². The number of carboxylic acid groups (broad SMARTS) is 1. The van der Waals surface area contributed by atoms with Crippen LogP contribution in [0.15, 0.2) is 12.3 Å². The molecule has 0 aliphatic rings. The first kappa shape index (κ1) is 13.1. The van der Waals surface area contributed by atoms with E-state index in [4.69, 9.17) is 9.84 Å². The normalized spacial score (nSPS) is 10.0. The van der Waals surface area contributed by atoms with E-state index in [1.807, 2.05) is 0 Å². The van der Waals surface area contributed by atoms with Crippen LogP contribution >= 0.6 is 0 Å². The third kappa shape index (κ3) is 3.25. The van der Waals surface area contributed by atoms with Gasteiger partial charge in [-0.25, -0.2) is 9.78 Å². The first-order chi connectivity index (χ1) is 8.10. The Balaban J connectivity index is 3.12. The van der Waals surface area contributed by atoms with Crippen molar-refractivity contribution in [2.45, 2.75) is 13.5 Å². The fourth-order valence-corrected chi connectivity index (χ4v) is 1.34. The maximum Gasteiger partial charge on any atom is 0.338 e. The van der Waals surface area contributed by atoms with Crippen molar-refractivity contribution in [3.8, 4) is 0 Å². The standard InChI is InChI=1S/C11H14N2O4/c1-3-12-10(14)9-8(11(15)16)4-7(5-13-9)6-17-2/h4-5H,3,6H2,1-2H3,(H,12,14)(H,15,16). The van der Waals surface area contributed by atoms with Gasteiger partial charge in [0.25, 0.3) is 5.91 Å². The average Bonchev–Trinajstić information content (AvgIpc) is 2.29. The van der Waals surface area contributed by atoms with E-state index in [1.54, 1.807) is 6.92 Å². The number of amides is 1. The number of nitrogens with one attached hydrogen (secondary N) is 1. The molecule has 0 fully saturated rings. The first-order valence-corrected chi connectivity index (χ1v) is 5.09. The van der Waals surface area contributed by atoms with Gasteiger partial charge in [-0.05, 0) is 18.6 Å². The average molecular weight is 238 g/mol. The van der Waals surface area contributed by atoms with Gasteiger partial charge >= 0.3 is 5.97 Å². The monoisotopic (exact) mass is 238 g/mol. The maximum atomic E-state index is 11.6. The highest BCUT2D eigenvalue weighted by atomic mass is 16.5. The minimum absolute atomic E-state index is 0.0841. The Bertz CT molecular complexity index is 431. The summed E-state index contributed by atoms with van der Waals surface area (Å²) in [5, 5.41) is 11.5. The van der Waals surface area contributed by atoms with E-state index >= 15 is 0 Å². The summed E-state index contributed by atoms with van der Waals surface area (Å²) in [7, 11) is 1.50. The van der Waals surface area contributed by atoms with Crippen LogP contribution in [0.25, 0.3) is 0 Å². The van der Waals surface area contributed by atoms with Gasteiger partial charge in [-0.2, -0.15) is 0 Å². The van der Waals surface area contributed by atoms with Gasteiger partial charge in [0.1, 0.15) is 5.69 Å². The van der Waals surface area contributed by atoms with Crippen LogP contribution in [0, 0.1) is 0 Å². The fourth-order valence-electron chi connectivity index (χ4n) is 1.34. The summed E-state index contributed by atoms with van der Waals surface area (Å²) in [4.78, 5) is 26.5. The highest BCUT2D eigenvalue weighted by Crippen LogP contribution is 2.10. The molecule has 17 heavy (non-hydrogen) atoms. The van der Waals surface area contributed by atoms with Crippen LogP contribution in [0.2, 0.25) is 0 Å². The number of nitrogens with zero attached hydrogens (tertiary/aromatic N) is 1. The van der Waals surface area contributed by atoms with Crippen molar-refractivity contribution in [1.82, 2.24) is 10.3 Å². The van der Waals surface area contributed by atoms with Crippen LogP contribution in [0.5, 0.6) is 0 Å². The van der Waals surface area contributed by atoms with Crippen LogP contribution in [0.3, 0.4) is 0 Å². The van der Waals surface area contributed by atoms with E-state index in [1.165, 1.54) is 19.4 Å². The molecule has 0 spiro atoms. The van der Waals surface area contributed by atoms with E-state index in [-0.39, 0.29) is 17.9 Å². The summed E-state index contributed by atoms with van der Waals surface area (Å²) >= 11 is 0. The number of ether oxygens (including phenoxy) is 1. The van der Waals surface area contributed by atoms with Gasteiger partial charge in [0.05, 0.1) is 12.2 Å². The Morgan fingerprint density at radius 1 is 1.53 bits per heavy atom. The molecule has 0 bridgehead atoms. The number of rotatable bonds is 5. The molecule has 0 atom stereocenters. The minimum Gasteiger partial charge on any atom is -0.478 e. The largest absolute Gasteiger partial charge is 0.478 e. The van der Waals surface area contributed by atoms with Crippen LogP contribution in [0.4, 0.5) is 0 Å². The maximum absolute atomic E-state index is 11.6. The smallest absolute Gasteiger partial charge is 0.338 e. The molecule has 0 aliphatic carbocycles. The predicted molar refractivity (Wildman–Crippen MR) is 59.9 cm³/mol. The molecule has 2 N–H and O–H groups in total. The van der Waals surface area contributed by atoms with E-state index in [0.29, 0.717) is 12.1 Å². The van der Waals surface area contributed by atoms with Crippen molar-refractivity contribution in [1.29, 1.82) is 0 Å². The zero-order valence-corrected chi connectivity index (χ0v) is 9.69. The second-order valence-corrected chi connectivity index (χ2v) is 3.34. The van der Waals surface area contributed by atoms with Crippen LogP contribution < -0.4 is 5.32 Å². The number of pyridine rings is 1. The molecule has 6 heteroatoms. The highest BCUT2D eigenvalue weighted by molar-refractivity contribution is 6.03. The molecule has 1 aromatic heterocycles. The molecule has 1 aromatic rings. The highest BCUT2D eigenvalue weighted by Gasteiger charge is 2.18. The summed E-state index contributed by atoms with van der Waals surface area (Å²) in [5.41, 5.74) is 0.405. The quantitative estimate of drug-likeness (QED) is 0.787. The van der Waals surface area contributed by atoms with Gasteiger partial charge in [0.2, 0.25) is 0 Å². The molecule has 1 rings (SSSR count). The van der Waals surface area contributed by atoms with E-state index in [0.717, 1.165) is 0 Å². The van der Waals surface area contributed by atoms with Gasteiger partial charge in [0.15, 0.2) is 0 Å². The number of methoxy groups -OCH3 is 1. The zero-order valence-electron chi connectivity index (χ0n) is 9.69. The van der Waals surface area contributed by atoms with Crippen molar-refractivity contribution >= 4 is 11.9 Å². The molecule has 1 heterocycles. The van der Waals surface area contributed by atoms with Crippen LogP contribution in [-0.2, 0) is 11.3 Å². The van der Waals surface area contributed by atoms with Gasteiger partial charge < -0.3 is 15.2 Å². The fraction of sp³-hybridized carbons (Fsp3) is 0.364. The summed E-state index contributed by atoms with van der Waals surface area (Å²) in [6.07, 6.45) is 1.43. The third-order valence-electron chi connectivity index (χ3n) is 2.04. The lowest BCUT2D eigenvalue weighted by Gasteiger charge is -2.07. The lowest BCUT2D eigenvalue weighted by Crippen LogP contribution is -2.26. The molecule has 0 radical (unpaired) electrons. The molecular formula is C11H14N2O4. The van der Waals surface area contributed by atoms with Crippen molar-refractivity contribution in [2.24, 2.45) is 0 Å². The van der Waals surface area contributed by atoms with Crippen molar-refractivity contribution in [2.75, 3.05) is 13.7 Å². The molecule has 0 unspecified atom stereocenters. The SMILES string of the molecule is CCNC(=O)c1ncc(COC)cc1C(=O)O. The number of aromatic carboxylic acids is 1. The van der Waals surface area contributed by atoms with Crippen LogP contribution in [-0.4, -0.2) is 35.6 Å². The molecule has 0 aromatic carbocycles. The molecule has 92 valence electrons.